The molecule has 6 heteroatoms. The molecular formula is C15H26N2O3S. The van der Waals surface area contributed by atoms with Crippen LogP contribution in [0.25, 0.3) is 0 Å². The maximum Gasteiger partial charge on any atom is 0.240 e. The number of nitrogens with one attached hydrogen (secondary N) is 2. The van der Waals surface area contributed by atoms with Crippen molar-refractivity contribution in [1.82, 2.24) is 10.0 Å². The maximum atomic E-state index is 12.0. The molecule has 0 aromatic heterocycles. The van der Waals surface area contributed by atoms with Gasteiger partial charge in [-0.1, -0.05) is 13.8 Å². The van der Waals surface area contributed by atoms with Crippen molar-refractivity contribution in [2.45, 2.75) is 51.1 Å². The molecule has 120 valence electrons. The van der Waals surface area contributed by atoms with Crippen LogP contribution in [0.1, 0.15) is 34.1 Å². The highest BCUT2D eigenvalue weighted by Gasteiger charge is 2.14. The maximum absolute atomic E-state index is 12.0. The van der Waals surface area contributed by atoms with E-state index in [2.05, 4.69) is 23.9 Å². The Morgan fingerprint density at radius 3 is 2.19 bits per heavy atom. The lowest BCUT2D eigenvalue weighted by Gasteiger charge is -2.11. The molecule has 0 heterocycles. The van der Waals surface area contributed by atoms with Gasteiger partial charge in [-0.15, -0.1) is 0 Å². The lowest BCUT2D eigenvalue weighted by atomic mass is 10.3. The smallest absolute Gasteiger partial charge is 0.240 e. The van der Waals surface area contributed by atoms with E-state index < -0.39 is 10.0 Å². The predicted octanol–water partition coefficient (Wildman–Crippen LogP) is 2.14. The summed E-state index contributed by atoms with van der Waals surface area (Å²) in [6.07, 6.45) is 0.910. The molecule has 0 saturated carbocycles. The lowest BCUT2D eigenvalue weighted by molar-refractivity contribution is 0.306. The van der Waals surface area contributed by atoms with Crippen molar-refractivity contribution >= 4 is 10.0 Å². The molecule has 0 aliphatic rings. The zero-order chi connectivity index (χ0) is 15.9. The van der Waals surface area contributed by atoms with Crippen LogP contribution in [0.5, 0.6) is 5.75 Å². The Labute approximate surface area is 128 Å². The molecule has 1 aromatic carbocycles. The summed E-state index contributed by atoms with van der Waals surface area (Å²) < 4.78 is 32.0. The normalized spacial score (nSPS) is 12.1. The summed E-state index contributed by atoms with van der Waals surface area (Å²) in [6, 6.07) is 6.84. The van der Waals surface area contributed by atoms with Gasteiger partial charge in [0.25, 0.3) is 0 Å². The van der Waals surface area contributed by atoms with Crippen LogP contribution < -0.4 is 14.8 Å². The third kappa shape index (κ3) is 6.93. The zero-order valence-corrected chi connectivity index (χ0v) is 14.0. The fourth-order valence-corrected chi connectivity index (χ4v) is 3.00. The Morgan fingerprint density at radius 1 is 1.05 bits per heavy atom. The standard InChI is InChI=1S/C15H26N2O3S/c1-12(2)16-10-5-11-20-14-6-8-15(9-7-14)21(18,19)17-13(3)4/h6-9,12-13,16-17H,5,10-11H2,1-4H3. The summed E-state index contributed by atoms with van der Waals surface area (Å²) in [5.41, 5.74) is 0. The van der Waals surface area contributed by atoms with Gasteiger partial charge in [-0.25, -0.2) is 13.1 Å². The SMILES string of the molecule is CC(C)NCCCOc1ccc(S(=O)(=O)NC(C)C)cc1. The monoisotopic (exact) mass is 314 g/mol. The average Bonchev–Trinajstić information content (AvgIpc) is 2.37. The minimum Gasteiger partial charge on any atom is -0.494 e. The van der Waals surface area contributed by atoms with Gasteiger partial charge in [-0.05, 0) is 51.1 Å². The van der Waals surface area contributed by atoms with Crippen molar-refractivity contribution in [3.05, 3.63) is 24.3 Å². The summed E-state index contributed by atoms with van der Waals surface area (Å²) in [4.78, 5) is 0.255. The van der Waals surface area contributed by atoms with E-state index in [1.165, 1.54) is 0 Å². The Bertz CT molecular complexity index is 510. The average molecular weight is 314 g/mol. The molecule has 2 N–H and O–H groups in total. The number of rotatable bonds is 9. The highest BCUT2D eigenvalue weighted by atomic mass is 32.2. The molecule has 0 saturated heterocycles. The van der Waals surface area contributed by atoms with Crippen molar-refractivity contribution in [2.24, 2.45) is 0 Å². The van der Waals surface area contributed by atoms with Gasteiger partial charge in [0.2, 0.25) is 10.0 Å². The van der Waals surface area contributed by atoms with E-state index in [0.717, 1.165) is 13.0 Å². The van der Waals surface area contributed by atoms with Gasteiger partial charge in [0.15, 0.2) is 0 Å². The zero-order valence-electron chi connectivity index (χ0n) is 13.2. The van der Waals surface area contributed by atoms with Gasteiger partial charge in [0.05, 0.1) is 11.5 Å². The van der Waals surface area contributed by atoms with E-state index in [4.69, 9.17) is 4.74 Å². The number of hydrogen-bond acceptors (Lipinski definition) is 4. The molecule has 0 amide bonds. The largest absolute Gasteiger partial charge is 0.494 e. The van der Waals surface area contributed by atoms with Crippen LogP contribution in [0.15, 0.2) is 29.2 Å². The van der Waals surface area contributed by atoms with E-state index in [1.807, 2.05) is 0 Å². The molecular weight excluding hydrogens is 288 g/mol. The third-order valence-corrected chi connectivity index (χ3v) is 4.34. The molecule has 21 heavy (non-hydrogen) atoms. The van der Waals surface area contributed by atoms with Crippen LogP contribution in [0.3, 0.4) is 0 Å². The van der Waals surface area contributed by atoms with Crippen molar-refractivity contribution in [2.75, 3.05) is 13.2 Å². The first kappa shape index (κ1) is 17.9. The first-order valence-corrected chi connectivity index (χ1v) is 8.78. The first-order chi connectivity index (χ1) is 9.81. The van der Waals surface area contributed by atoms with Crippen molar-refractivity contribution < 1.29 is 13.2 Å². The summed E-state index contributed by atoms with van der Waals surface area (Å²) in [7, 11) is -3.43. The van der Waals surface area contributed by atoms with Gasteiger partial charge >= 0.3 is 0 Å². The Hall–Kier alpha value is -1.11. The molecule has 1 rings (SSSR count). The van der Waals surface area contributed by atoms with Crippen molar-refractivity contribution in [3.8, 4) is 5.75 Å². The second kappa shape index (κ2) is 8.36. The fraction of sp³-hybridized carbons (Fsp3) is 0.600. The summed E-state index contributed by atoms with van der Waals surface area (Å²) >= 11 is 0. The van der Waals surface area contributed by atoms with Crippen LogP contribution in [0.4, 0.5) is 0 Å². The van der Waals surface area contributed by atoms with E-state index in [0.29, 0.717) is 18.4 Å². The molecule has 0 atom stereocenters. The molecule has 0 bridgehead atoms. The van der Waals surface area contributed by atoms with E-state index in [9.17, 15) is 8.42 Å². The molecule has 0 fully saturated rings. The lowest BCUT2D eigenvalue weighted by Crippen LogP contribution is -2.30. The highest BCUT2D eigenvalue weighted by Crippen LogP contribution is 2.16. The van der Waals surface area contributed by atoms with Crippen LogP contribution in [0.2, 0.25) is 0 Å². The van der Waals surface area contributed by atoms with Crippen LogP contribution in [-0.4, -0.2) is 33.7 Å². The molecule has 0 unspecified atom stereocenters. The molecule has 5 nitrogen and oxygen atoms in total. The first-order valence-electron chi connectivity index (χ1n) is 7.30. The Balaban J connectivity index is 2.47. The molecule has 1 aromatic rings. The van der Waals surface area contributed by atoms with Gasteiger partial charge in [0.1, 0.15) is 5.75 Å². The van der Waals surface area contributed by atoms with E-state index in [1.54, 1.807) is 38.1 Å². The van der Waals surface area contributed by atoms with Crippen LogP contribution in [-0.2, 0) is 10.0 Å². The second-order valence-corrected chi connectivity index (χ2v) is 7.27. The molecule has 0 aliphatic carbocycles. The Kier molecular flexibility index (Phi) is 7.14. The van der Waals surface area contributed by atoms with Gasteiger partial charge in [0, 0.05) is 12.1 Å². The topological polar surface area (TPSA) is 67.4 Å². The van der Waals surface area contributed by atoms with Gasteiger partial charge in [-0.2, -0.15) is 0 Å². The molecule has 0 radical (unpaired) electrons. The molecule has 0 spiro atoms. The van der Waals surface area contributed by atoms with Crippen molar-refractivity contribution in [1.29, 1.82) is 0 Å². The highest BCUT2D eigenvalue weighted by molar-refractivity contribution is 7.89. The number of ether oxygens (including phenoxy) is 1. The van der Waals surface area contributed by atoms with E-state index >= 15 is 0 Å². The van der Waals surface area contributed by atoms with Crippen LogP contribution in [0, 0.1) is 0 Å². The number of benzene rings is 1. The number of hydrogen-bond donors (Lipinski definition) is 2. The second-order valence-electron chi connectivity index (χ2n) is 5.56. The minimum absolute atomic E-state index is 0.126. The number of sulfonamides is 1. The Morgan fingerprint density at radius 2 is 1.67 bits per heavy atom. The fourth-order valence-electron chi connectivity index (χ4n) is 1.75. The molecule has 0 aliphatic heterocycles. The van der Waals surface area contributed by atoms with Gasteiger partial charge in [-0.3, -0.25) is 0 Å². The predicted molar refractivity (Wildman–Crippen MR) is 85.2 cm³/mol. The summed E-state index contributed by atoms with van der Waals surface area (Å²) in [5.74, 6) is 0.683. The summed E-state index contributed by atoms with van der Waals surface area (Å²) in [6.45, 7) is 9.30. The van der Waals surface area contributed by atoms with Gasteiger partial charge < -0.3 is 10.1 Å². The van der Waals surface area contributed by atoms with E-state index in [-0.39, 0.29) is 10.9 Å². The minimum atomic E-state index is -3.43. The van der Waals surface area contributed by atoms with Crippen molar-refractivity contribution in [3.63, 3.8) is 0 Å². The quantitative estimate of drug-likeness (QED) is 0.685. The summed E-state index contributed by atoms with van der Waals surface area (Å²) in [5, 5.41) is 3.31. The third-order valence-electron chi connectivity index (χ3n) is 2.67. The van der Waals surface area contributed by atoms with Crippen LogP contribution >= 0.6 is 0 Å².